The van der Waals surface area contributed by atoms with Gasteiger partial charge in [-0.1, -0.05) is 127 Å². The average molecular weight is 395 g/mol. The molecule has 0 amide bonds. The summed E-state index contributed by atoms with van der Waals surface area (Å²) in [6, 6.07) is 0. The van der Waals surface area contributed by atoms with E-state index in [9.17, 15) is 0 Å². The van der Waals surface area contributed by atoms with Crippen molar-refractivity contribution in [1.29, 1.82) is 0 Å². The van der Waals surface area contributed by atoms with E-state index in [0.717, 1.165) is 41.4 Å². The largest absolute Gasteiger partial charge is 0.0776 e. The summed E-state index contributed by atoms with van der Waals surface area (Å²) < 4.78 is 0. The van der Waals surface area contributed by atoms with Crippen molar-refractivity contribution in [1.82, 2.24) is 0 Å². The fourth-order valence-corrected chi connectivity index (χ4v) is 5.58. The average Bonchev–Trinajstić information content (AvgIpc) is 2.95. The van der Waals surface area contributed by atoms with Crippen molar-refractivity contribution in [3.8, 4) is 0 Å². The maximum Gasteiger partial charge on any atom is -0.0360 e. The molecule has 0 aromatic carbocycles. The maximum atomic E-state index is 2.52. The van der Waals surface area contributed by atoms with Crippen molar-refractivity contribution in [2.45, 2.75) is 139 Å². The minimum absolute atomic E-state index is 0. The van der Waals surface area contributed by atoms with Crippen molar-refractivity contribution in [3.63, 3.8) is 0 Å². The second kappa shape index (κ2) is 15.8. The number of hydrogen-bond donors (Lipinski definition) is 0. The summed E-state index contributed by atoms with van der Waals surface area (Å²) in [6.45, 7) is 17.0. The lowest BCUT2D eigenvalue weighted by Crippen LogP contribution is -2.17. The number of hydrogen-bond acceptors (Lipinski definition) is 0. The molecule has 0 spiro atoms. The lowest BCUT2D eigenvalue weighted by atomic mass is 9.79. The Hall–Kier alpha value is 0. The highest BCUT2D eigenvalue weighted by Gasteiger charge is 2.31. The van der Waals surface area contributed by atoms with Gasteiger partial charge in [-0.3, -0.25) is 0 Å². The fraction of sp³-hybridized carbons (Fsp3) is 1.00. The Labute approximate surface area is 181 Å². The normalized spacial score (nSPS) is 25.5. The second-order valence-electron chi connectivity index (χ2n) is 10.9. The standard InChI is InChI=1S/C27H54.CH4/c1-8-22(5)19-25(9-2)13-11-10-12-14-26(18-15-21(3)4)20-27-23(6)16-17-24(27)7;/h21-27H,8-20H2,1-7H3;1H4. The third-order valence-corrected chi connectivity index (χ3v) is 8.03. The lowest BCUT2D eigenvalue weighted by molar-refractivity contribution is 0.239. The van der Waals surface area contributed by atoms with Gasteiger partial charge < -0.3 is 0 Å². The van der Waals surface area contributed by atoms with Crippen LogP contribution >= 0.6 is 0 Å². The van der Waals surface area contributed by atoms with E-state index in [1.807, 2.05) is 0 Å². The van der Waals surface area contributed by atoms with Gasteiger partial charge in [0.2, 0.25) is 0 Å². The van der Waals surface area contributed by atoms with Crippen molar-refractivity contribution >= 4 is 0 Å². The van der Waals surface area contributed by atoms with Crippen LogP contribution in [0.15, 0.2) is 0 Å². The van der Waals surface area contributed by atoms with Crippen LogP contribution in [0.3, 0.4) is 0 Å². The van der Waals surface area contributed by atoms with E-state index in [1.165, 1.54) is 83.5 Å². The van der Waals surface area contributed by atoms with Gasteiger partial charge in [0.25, 0.3) is 0 Å². The Morgan fingerprint density at radius 3 is 1.79 bits per heavy atom. The monoisotopic (exact) mass is 394 g/mol. The summed E-state index contributed by atoms with van der Waals surface area (Å²) in [4.78, 5) is 0. The molecule has 0 heteroatoms. The zero-order chi connectivity index (χ0) is 20.2. The van der Waals surface area contributed by atoms with E-state index in [2.05, 4.69) is 48.5 Å². The third kappa shape index (κ3) is 11.3. The Morgan fingerprint density at radius 2 is 1.29 bits per heavy atom. The van der Waals surface area contributed by atoms with E-state index in [0.29, 0.717) is 0 Å². The topological polar surface area (TPSA) is 0 Å². The first-order valence-electron chi connectivity index (χ1n) is 12.9. The molecule has 170 valence electrons. The highest BCUT2D eigenvalue weighted by Crippen LogP contribution is 2.42. The Balaban J connectivity index is 0.00000729. The third-order valence-electron chi connectivity index (χ3n) is 8.03. The summed E-state index contributed by atoms with van der Waals surface area (Å²) >= 11 is 0. The first-order valence-corrected chi connectivity index (χ1v) is 12.9. The van der Waals surface area contributed by atoms with Crippen LogP contribution in [0.1, 0.15) is 139 Å². The highest BCUT2D eigenvalue weighted by molar-refractivity contribution is 4.82. The van der Waals surface area contributed by atoms with Crippen molar-refractivity contribution in [3.05, 3.63) is 0 Å². The maximum absolute atomic E-state index is 2.52. The molecule has 5 unspecified atom stereocenters. The molecule has 0 N–H and O–H groups in total. The van der Waals surface area contributed by atoms with Crippen molar-refractivity contribution < 1.29 is 0 Å². The molecular weight excluding hydrogens is 336 g/mol. The molecule has 1 aliphatic carbocycles. The van der Waals surface area contributed by atoms with Crippen LogP contribution in [0.2, 0.25) is 0 Å². The fourth-order valence-electron chi connectivity index (χ4n) is 5.58. The smallest absolute Gasteiger partial charge is 0.0360 e. The predicted octanol–water partition coefficient (Wildman–Crippen LogP) is 10.2. The summed E-state index contributed by atoms with van der Waals surface area (Å²) in [5.41, 5.74) is 0. The summed E-state index contributed by atoms with van der Waals surface area (Å²) in [6.07, 6.45) is 19.0. The van der Waals surface area contributed by atoms with Gasteiger partial charge in [-0.05, 0) is 54.3 Å². The molecule has 1 fully saturated rings. The zero-order valence-electron chi connectivity index (χ0n) is 20.2. The van der Waals surface area contributed by atoms with Crippen LogP contribution in [0.25, 0.3) is 0 Å². The van der Waals surface area contributed by atoms with Gasteiger partial charge in [-0.2, -0.15) is 0 Å². The Morgan fingerprint density at radius 1 is 0.714 bits per heavy atom. The number of rotatable bonds is 15. The van der Waals surface area contributed by atoms with Gasteiger partial charge >= 0.3 is 0 Å². The molecular formula is C28H58. The van der Waals surface area contributed by atoms with E-state index in [1.54, 1.807) is 0 Å². The minimum atomic E-state index is 0. The molecule has 0 aromatic heterocycles. The summed E-state index contributed by atoms with van der Waals surface area (Å²) in [5.74, 6) is 6.75. The van der Waals surface area contributed by atoms with Gasteiger partial charge in [-0.15, -0.1) is 0 Å². The SMILES string of the molecule is C.CCC(C)CC(CC)CCCCCC(CCC(C)C)CC1C(C)CCC1C. The van der Waals surface area contributed by atoms with E-state index in [-0.39, 0.29) is 7.43 Å². The van der Waals surface area contributed by atoms with Gasteiger partial charge in [0.15, 0.2) is 0 Å². The molecule has 28 heavy (non-hydrogen) atoms. The molecule has 1 rings (SSSR count). The molecule has 0 nitrogen and oxygen atoms in total. The van der Waals surface area contributed by atoms with Gasteiger partial charge in [0, 0.05) is 0 Å². The molecule has 1 saturated carbocycles. The number of unbranched alkanes of at least 4 members (excludes halogenated alkanes) is 2. The first kappa shape index (κ1) is 28.0. The summed E-state index contributed by atoms with van der Waals surface area (Å²) in [5, 5.41) is 0. The molecule has 0 radical (unpaired) electrons. The first-order chi connectivity index (χ1) is 12.9. The van der Waals surface area contributed by atoms with Gasteiger partial charge in [0.1, 0.15) is 0 Å². The molecule has 0 bridgehead atoms. The molecule has 5 atom stereocenters. The molecule has 0 heterocycles. The molecule has 0 saturated heterocycles. The Bertz CT molecular complexity index is 334. The van der Waals surface area contributed by atoms with Crippen LogP contribution in [0.4, 0.5) is 0 Å². The quantitative estimate of drug-likeness (QED) is 0.242. The highest BCUT2D eigenvalue weighted by atomic mass is 14.4. The predicted molar refractivity (Wildman–Crippen MR) is 131 cm³/mol. The van der Waals surface area contributed by atoms with Crippen LogP contribution in [-0.2, 0) is 0 Å². The van der Waals surface area contributed by atoms with Crippen LogP contribution in [0, 0.1) is 41.4 Å². The van der Waals surface area contributed by atoms with Gasteiger partial charge in [-0.25, -0.2) is 0 Å². The van der Waals surface area contributed by atoms with Crippen molar-refractivity contribution in [2.75, 3.05) is 0 Å². The van der Waals surface area contributed by atoms with Crippen LogP contribution < -0.4 is 0 Å². The van der Waals surface area contributed by atoms with Crippen LogP contribution in [0.5, 0.6) is 0 Å². The Kier molecular flexibility index (Phi) is 15.8. The van der Waals surface area contributed by atoms with Crippen molar-refractivity contribution in [2.24, 2.45) is 41.4 Å². The van der Waals surface area contributed by atoms with E-state index >= 15 is 0 Å². The summed E-state index contributed by atoms with van der Waals surface area (Å²) in [7, 11) is 0. The van der Waals surface area contributed by atoms with E-state index in [4.69, 9.17) is 0 Å². The lowest BCUT2D eigenvalue weighted by Gasteiger charge is -2.27. The van der Waals surface area contributed by atoms with Gasteiger partial charge in [0.05, 0.1) is 0 Å². The molecule has 0 aliphatic heterocycles. The molecule has 1 aliphatic rings. The zero-order valence-corrected chi connectivity index (χ0v) is 20.2. The van der Waals surface area contributed by atoms with E-state index < -0.39 is 0 Å². The second-order valence-corrected chi connectivity index (χ2v) is 10.9. The minimum Gasteiger partial charge on any atom is -0.0776 e. The molecule has 0 aromatic rings. The van der Waals surface area contributed by atoms with Crippen LogP contribution in [-0.4, -0.2) is 0 Å².